The first-order chi connectivity index (χ1) is 7.81. The summed E-state index contributed by atoms with van der Waals surface area (Å²) in [5.74, 6) is 1.02. The summed E-state index contributed by atoms with van der Waals surface area (Å²) in [5.41, 5.74) is 5.98. The van der Waals surface area contributed by atoms with Gasteiger partial charge in [0.05, 0.1) is 6.61 Å². The van der Waals surface area contributed by atoms with Gasteiger partial charge in [-0.3, -0.25) is 0 Å². The molecule has 0 aliphatic carbocycles. The van der Waals surface area contributed by atoms with E-state index in [1.54, 1.807) is 7.11 Å². The van der Waals surface area contributed by atoms with Gasteiger partial charge in [-0.1, -0.05) is 0 Å². The number of nitrogens with two attached hydrogens (primary N) is 1. The van der Waals surface area contributed by atoms with Gasteiger partial charge in [0, 0.05) is 45.2 Å². The first-order valence-corrected chi connectivity index (χ1v) is 5.82. The lowest BCUT2D eigenvalue weighted by Gasteiger charge is -2.31. The fourth-order valence-corrected chi connectivity index (χ4v) is 2.14. The highest BCUT2D eigenvalue weighted by Crippen LogP contribution is 2.17. The lowest BCUT2D eigenvalue weighted by Crippen LogP contribution is -2.44. The molecule has 2 heterocycles. The maximum absolute atomic E-state index is 5.98. The predicted molar refractivity (Wildman–Crippen MR) is 63.5 cm³/mol. The van der Waals surface area contributed by atoms with Crippen molar-refractivity contribution < 1.29 is 4.74 Å². The molecule has 0 amide bonds. The van der Waals surface area contributed by atoms with E-state index in [-0.39, 0.29) is 6.04 Å². The fraction of sp³-hybridized carbons (Fsp3) is 0.727. The van der Waals surface area contributed by atoms with Crippen LogP contribution in [0.25, 0.3) is 0 Å². The van der Waals surface area contributed by atoms with Crippen LogP contribution in [-0.2, 0) is 11.3 Å². The molecule has 1 saturated heterocycles. The first kappa shape index (κ1) is 11.4. The second kappa shape index (κ2) is 5.32. The zero-order valence-corrected chi connectivity index (χ0v) is 9.80. The molecule has 0 saturated carbocycles. The van der Waals surface area contributed by atoms with Crippen molar-refractivity contribution in [2.24, 2.45) is 5.73 Å². The van der Waals surface area contributed by atoms with Gasteiger partial charge in [0.2, 0.25) is 5.95 Å². The standard InChI is InChI=1S/C11H20N4O/c1-16-8-7-14-6-4-13-11(14)15-5-2-3-10(12)9-15/h4,6,10H,2-3,5,7-9,12H2,1H3. The van der Waals surface area contributed by atoms with Crippen molar-refractivity contribution in [1.82, 2.24) is 9.55 Å². The maximum Gasteiger partial charge on any atom is 0.205 e. The molecule has 0 spiro atoms. The van der Waals surface area contributed by atoms with Crippen molar-refractivity contribution >= 4 is 5.95 Å². The van der Waals surface area contributed by atoms with Crippen molar-refractivity contribution in [1.29, 1.82) is 0 Å². The molecule has 1 aromatic heterocycles. The van der Waals surface area contributed by atoms with Gasteiger partial charge in [0.25, 0.3) is 0 Å². The predicted octanol–water partition coefficient (Wildman–Crippen LogP) is 0.457. The van der Waals surface area contributed by atoms with Crippen molar-refractivity contribution in [2.45, 2.75) is 25.4 Å². The molecular formula is C11H20N4O. The fourth-order valence-electron chi connectivity index (χ4n) is 2.14. The highest BCUT2D eigenvalue weighted by Gasteiger charge is 2.19. The zero-order valence-electron chi connectivity index (χ0n) is 9.80. The van der Waals surface area contributed by atoms with Crippen LogP contribution >= 0.6 is 0 Å². The quantitative estimate of drug-likeness (QED) is 0.807. The SMILES string of the molecule is COCCn1ccnc1N1CCCC(N)C1. The van der Waals surface area contributed by atoms with Crippen LogP contribution < -0.4 is 10.6 Å². The molecule has 0 aromatic carbocycles. The Kier molecular flexibility index (Phi) is 3.79. The van der Waals surface area contributed by atoms with Gasteiger partial charge in [-0.2, -0.15) is 0 Å². The number of piperidine rings is 1. The van der Waals surface area contributed by atoms with Gasteiger partial charge in [-0.15, -0.1) is 0 Å². The summed E-state index contributed by atoms with van der Waals surface area (Å²) in [6.07, 6.45) is 6.10. The second-order valence-corrected chi connectivity index (χ2v) is 4.26. The van der Waals surface area contributed by atoms with Crippen molar-refractivity contribution in [3.8, 4) is 0 Å². The minimum Gasteiger partial charge on any atom is -0.383 e. The van der Waals surface area contributed by atoms with Gasteiger partial charge < -0.3 is 19.9 Å². The largest absolute Gasteiger partial charge is 0.383 e. The molecule has 90 valence electrons. The number of hydrogen-bond acceptors (Lipinski definition) is 4. The average molecular weight is 224 g/mol. The van der Waals surface area contributed by atoms with E-state index in [9.17, 15) is 0 Å². The molecule has 2 rings (SSSR count). The Morgan fingerprint density at radius 1 is 1.62 bits per heavy atom. The number of ether oxygens (including phenoxy) is 1. The maximum atomic E-state index is 5.98. The molecule has 1 aliphatic heterocycles. The van der Waals surface area contributed by atoms with Crippen LogP contribution in [0.1, 0.15) is 12.8 Å². The second-order valence-electron chi connectivity index (χ2n) is 4.26. The van der Waals surface area contributed by atoms with Gasteiger partial charge >= 0.3 is 0 Å². The Hall–Kier alpha value is -1.07. The smallest absolute Gasteiger partial charge is 0.205 e. The summed E-state index contributed by atoms with van der Waals surface area (Å²) < 4.78 is 7.21. The molecule has 1 aromatic rings. The van der Waals surface area contributed by atoms with Crippen molar-refractivity contribution in [2.75, 3.05) is 31.7 Å². The number of rotatable bonds is 4. The van der Waals surface area contributed by atoms with Crippen molar-refractivity contribution in [3.63, 3.8) is 0 Å². The number of hydrogen-bond donors (Lipinski definition) is 1. The topological polar surface area (TPSA) is 56.3 Å². The van der Waals surface area contributed by atoms with Gasteiger partial charge in [-0.25, -0.2) is 4.98 Å². The van der Waals surface area contributed by atoms with Crippen LogP contribution in [0.3, 0.4) is 0 Å². The summed E-state index contributed by atoms with van der Waals surface area (Å²) in [7, 11) is 1.72. The monoisotopic (exact) mass is 224 g/mol. The highest BCUT2D eigenvalue weighted by atomic mass is 16.5. The van der Waals surface area contributed by atoms with E-state index in [1.807, 2.05) is 12.4 Å². The van der Waals surface area contributed by atoms with Crippen LogP contribution in [0.4, 0.5) is 5.95 Å². The van der Waals surface area contributed by atoms with Crippen molar-refractivity contribution in [3.05, 3.63) is 12.4 Å². The molecule has 1 fully saturated rings. The summed E-state index contributed by atoms with van der Waals surface area (Å²) in [6, 6.07) is 0.279. The molecule has 16 heavy (non-hydrogen) atoms. The number of methoxy groups -OCH3 is 1. The molecular weight excluding hydrogens is 204 g/mol. The summed E-state index contributed by atoms with van der Waals surface area (Å²) >= 11 is 0. The van der Waals surface area contributed by atoms with Crippen LogP contribution in [-0.4, -0.2) is 42.4 Å². The van der Waals surface area contributed by atoms with E-state index in [1.165, 1.54) is 0 Å². The van der Waals surface area contributed by atoms with E-state index in [0.717, 1.165) is 38.4 Å². The first-order valence-electron chi connectivity index (χ1n) is 5.82. The lowest BCUT2D eigenvalue weighted by molar-refractivity contribution is 0.187. The van der Waals surface area contributed by atoms with E-state index >= 15 is 0 Å². The molecule has 1 unspecified atom stereocenters. The zero-order chi connectivity index (χ0) is 11.4. The van der Waals surface area contributed by atoms with Crippen LogP contribution in [0.5, 0.6) is 0 Å². The Labute approximate surface area is 96.2 Å². The minimum absolute atomic E-state index is 0.279. The Morgan fingerprint density at radius 3 is 3.25 bits per heavy atom. The summed E-state index contributed by atoms with van der Waals surface area (Å²) in [4.78, 5) is 6.67. The van der Waals surface area contributed by atoms with E-state index in [2.05, 4.69) is 14.5 Å². The third-order valence-corrected chi connectivity index (χ3v) is 2.97. The Balaban J connectivity index is 2.04. The number of aromatic nitrogens is 2. The van der Waals surface area contributed by atoms with E-state index in [0.29, 0.717) is 6.61 Å². The third kappa shape index (κ3) is 2.54. The molecule has 0 bridgehead atoms. The number of imidazole rings is 1. The molecule has 1 aliphatic rings. The highest BCUT2D eigenvalue weighted by molar-refractivity contribution is 5.32. The van der Waals surface area contributed by atoms with Gasteiger partial charge in [0.15, 0.2) is 0 Å². The lowest BCUT2D eigenvalue weighted by atomic mass is 10.1. The van der Waals surface area contributed by atoms with E-state index in [4.69, 9.17) is 10.5 Å². The normalized spacial score (nSPS) is 21.4. The molecule has 0 radical (unpaired) electrons. The van der Waals surface area contributed by atoms with Gasteiger partial charge in [-0.05, 0) is 12.8 Å². The van der Waals surface area contributed by atoms with Crippen LogP contribution in [0, 0.1) is 0 Å². The van der Waals surface area contributed by atoms with Crippen LogP contribution in [0.15, 0.2) is 12.4 Å². The van der Waals surface area contributed by atoms with Gasteiger partial charge in [0.1, 0.15) is 0 Å². The Bertz CT molecular complexity index is 326. The Morgan fingerprint density at radius 2 is 2.50 bits per heavy atom. The average Bonchev–Trinajstić information content (AvgIpc) is 2.74. The molecule has 2 N–H and O–H groups in total. The van der Waals surface area contributed by atoms with Crippen LogP contribution in [0.2, 0.25) is 0 Å². The van der Waals surface area contributed by atoms with E-state index < -0.39 is 0 Å². The third-order valence-electron chi connectivity index (χ3n) is 2.97. The summed E-state index contributed by atoms with van der Waals surface area (Å²) in [6.45, 7) is 3.52. The summed E-state index contributed by atoms with van der Waals surface area (Å²) in [5, 5.41) is 0. The number of nitrogens with zero attached hydrogens (tertiary/aromatic N) is 3. The minimum atomic E-state index is 0.279. The molecule has 5 nitrogen and oxygen atoms in total. The molecule has 5 heteroatoms. The molecule has 1 atom stereocenters. The number of anilines is 1.